The topological polar surface area (TPSA) is 71.1 Å². The molecule has 0 aliphatic carbocycles. The summed E-state index contributed by atoms with van der Waals surface area (Å²) in [5.74, 6) is 0.686. The zero-order valence-corrected chi connectivity index (χ0v) is 18.6. The summed E-state index contributed by atoms with van der Waals surface area (Å²) in [4.78, 5) is 29.8. The van der Waals surface area contributed by atoms with E-state index in [1.54, 1.807) is 6.07 Å². The number of fused-ring (bicyclic) bond motifs is 3. The Morgan fingerprint density at radius 2 is 1.91 bits per heavy atom. The average Bonchev–Trinajstić information content (AvgIpc) is 3.02. The van der Waals surface area contributed by atoms with Crippen LogP contribution in [0.5, 0.6) is 5.75 Å². The summed E-state index contributed by atoms with van der Waals surface area (Å²) >= 11 is 0. The number of carbonyl (C=O) groups excluding carboxylic acids is 2. The average molecular weight is 438 g/mol. The molecule has 2 heterocycles. The summed E-state index contributed by atoms with van der Waals surface area (Å²) in [5.41, 5.74) is 3.21. The van der Waals surface area contributed by atoms with E-state index in [2.05, 4.69) is 17.3 Å². The Labute approximate surface area is 189 Å². The molecule has 2 bridgehead atoms. The van der Waals surface area contributed by atoms with Gasteiger partial charge in [0, 0.05) is 43.7 Å². The molecule has 0 spiro atoms. The van der Waals surface area contributed by atoms with E-state index < -0.39 is 0 Å². The van der Waals surface area contributed by atoms with Crippen molar-refractivity contribution in [3.8, 4) is 5.75 Å². The fraction of sp³-hybridized carbons (Fsp3) is 0.440. The first-order chi connectivity index (χ1) is 15.6. The number of nitrogens with one attached hydrogen (secondary N) is 1. The van der Waals surface area contributed by atoms with Gasteiger partial charge in [-0.2, -0.15) is 0 Å². The highest BCUT2D eigenvalue weighted by molar-refractivity contribution is 5.95. The Morgan fingerprint density at radius 3 is 2.81 bits per heavy atom. The van der Waals surface area contributed by atoms with Gasteiger partial charge in [0.1, 0.15) is 12.4 Å². The monoisotopic (exact) mass is 437 g/mol. The third-order valence-electron chi connectivity index (χ3n) is 5.92. The third-order valence-corrected chi connectivity index (χ3v) is 5.92. The smallest absolute Gasteiger partial charge is 0.253 e. The molecule has 1 saturated heterocycles. The van der Waals surface area contributed by atoms with Crippen molar-refractivity contribution in [1.29, 1.82) is 0 Å². The van der Waals surface area contributed by atoms with Gasteiger partial charge in [0.15, 0.2) is 0 Å². The number of rotatable bonds is 1. The molecule has 1 N–H and O–H groups in total. The molecule has 170 valence electrons. The number of ether oxygens (including phenoxy) is 2. The molecule has 1 fully saturated rings. The van der Waals surface area contributed by atoms with Crippen LogP contribution < -0.4 is 10.1 Å². The Hall–Kier alpha value is -2.90. The van der Waals surface area contributed by atoms with Gasteiger partial charge in [-0.25, -0.2) is 0 Å². The summed E-state index contributed by atoms with van der Waals surface area (Å²) in [6, 6.07) is 13.2. The molecule has 2 amide bonds. The normalized spacial score (nSPS) is 18.5. The number of benzene rings is 2. The molecular weight excluding hydrogens is 406 g/mol. The van der Waals surface area contributed by atoms with Crippen LogP contribution in [0.2, 0.25) is 0 Å². The first-order valence-electron chi connectivity index (χ1n) is 11.3. The predicted octanol–water partition coefficient (Wildman–Crippen LogP) is 2.19. The van der Waals surface area contributed by atoms with Gasteiger partial charge in [-0.3, -0.25) is 9.59 Å². The summed E-state index contributed by atoms with van der Waals surface area (Å²) < 4.78 is 11.5. The zero-order valence-electron chi connectivity index (χ0n) is 18.6. The number of nitrogens with zero attached hydrogens (tertiary/aromatic N) is 2. The lowest BCUT2D eigenvalue weighted by Crippen LogP contribution is -2.34. The molecule has 0 radical (unpaired) electrons. The van der Waals surface area contributed by atoms with E-state index in [1.165, 1.54) is 0 Å². The van der Waals surface area contributed by atoms with E-state index in [4.69, 9.17) is 9.47 Å². The van der Waals surface area contributed by atoms with Gasteiger partial charge < -0.3 is 24.6 Å². The van der Waals surface area contributed by atoms with Crippen LogP contribution in [-0.4, -0.2) is 81.2 Å². The molecule has 32 heavy (non-hydrogen) atoms. The maximum absolute atomic E-state index is 13.2. The van der Waals surface area contributed by atoms with E-state index in [0.717, 1.165) is 49.5 Å². The van der Waals surface area contributed by atoms with Crippen LogP contribution in [0.4, 0.5) is 0 Å². The van der Waals surface area contributed by atoms with Gasteiger partial charge in [0.2, 0.25) is 0 Å². The van der Waals surface area contributed by atoms with Crippen LogP contribution in [-0.2, 0) is 11.2 Å². The van der Waals surface area contributed by atoms with Crippen LogP contribution in [0.25, 0.3) is 0 Å². The molecule has 0 unspecified atom stereocenters. The van der Waals surface area contributed by atoms with Crippen molar-refractivity contribution in [2.75, 3.05) is 59.6 Å². The van der Waals surface area contributed by atoms with Crippen LogP contribution >= 0.6 is 0 Å². The van der Waals surface area contributed by atoms with Gasteiger partial charge >= 0.3 is 0 Å². The van der Waals surface area contributed by atoms with Crippen molar-refractivity contribution in [2.24, 2.45) is 0 Å². The van der Waals surface area contributed by atoms with Gasteiger partial charge in [0.25, 0.3) is 11.8 Å². The minimum Gasteiger partial charge on any atom is -0.491 e. The lowest BCUT2D eigenvalue weighted by Gasteiger charge is -2.21. The molecule has 0 atom stereocenters. The molecule has 4 rings (SSSR count). The summed E-state index contributed by atoms with van der Waals surface area (Å²) in [7, 11) is 2.09. The second kappa shape index (κ2) is 10.6. The Kier molecular flexibility index (Phi) is 7.39. The first-order valence-corrected chi connectivity index (χ1v) is 11.3. The molecule has 7 heteroatoms. The highest BCUT2D eigenvalue weighted by Crippen LogP contribution is 2.25. The van der Waals surface area contributed by atoms with E-state index in [9.17, 15) is 9.59 Å². The number of hydrogen-bond acceptors (Lipinski definition) is 5. The third kappa shape index (κ3) is 5.66. The van der Waals surface area contributed by atoms with E-state index in [1.807, 2.05) is 41.3 Å². The second-order valence-electron chi connectivity index (χ2n) is 8.37. The number of carbonyl (C=O) groups is 2. The Morgan fingerprint density at radius 1 is 1.00 bits per heavy atom. The van der Waals surface area contributed by atoms with E-state index in [-0.39, 0.29) is 11.8 Å². The van der Waals surface area contributed by atoms with Gasteiger partial charge in [-0.05, 0) is 61.5 Å². The quantitative estimate of drug-likeness (QED) is 0.741. The van der Waals surface area contributed by atoms with Crippen molar-refractivity contribution < 1.29 is 19.1 Å². The first kappa shape index (κ1) is 22.3. The highest BCUT2D eigenvalue weighted by atomic mass is 16.5. The van der Waals surface area contributed by atoms with Gasteiger partial charge in [0.05, 0.1) is 13.2 Å². The van der Waals surface area contributed by atoms with Crippen molar-refractivity contribution in [1.82, 2.24) is 15.1 Å². The maximum atomic E-state index is 13.2. The molecular formula is C25H31N3O4. The molecule has 2 aliphatic rings. The predicted molar refractivity (Wildman–Crippen MR) is 122 cm³/mol. The zero-order chi connectivity index (χ0) is 22.3. The van der Waals surface area contributed by atoms with Crippen molar-refractivity contribution in [2.45, 2.75) is 12.8 Å². The number of amides is 2. The van der Waals surface area contributed by atoms with Crippen molar-refractivity contribution >= 4 is 11.8 Å². The lowest BCUT2D eigenvalue weighted by atomic mass is 9.99. The van der Waals surface area contributed by atoms with Crippen LogP contribution in [0.3, 0.4) is 0 Å². The molecule has 2 aromatic carbocycles. The van der Waals surface area contributed by atoms with Gasteiger partial charge in [-0.1, -0.05) is 12.1 Å². The SMILES string of the molecule is CN1CCCN(C(=O)c2ccc3c(c2)Cc2cccc(c2)C(=O)NCCOCCO3)CC1. The number of hydrogen-bond donors (Lipinski definition) is 1. The summed E-state index contributed by atoms with van der Waals surface area (Å²) in [6.07, 6.45) is 1.55. The van der Waals surface area contributed by atoms with Crippen molar-refractivity contribution in [3.63, 3.8) is 0 Å². The van der Waals surface area contributed by atoms with Gasteiger partial charge in [-0.15, -0.1) is 0 Å². The molecule has 2 aromatic rings. The molecule has 0 aromatic heterocycles. The molecule has 0 saturated carbocycles. The summed E-state index contributed by atoms with van der Waals surface area (Å²) in [5, 5.41) is 2.87. The maximum Gasteiger partial charge on any atom is 0.253 e. The minimum atomic E-state index is -0.112. The Balaban J connectivity index is 1.61. The minimum absolute atomic E-state index is 0.0546. The molecule has 7 nitrogen and oxygen atoms in total. The van der Waals surface area contributed by atoms with Crippen LogP contribution in [0.15, 0.2) is 42.5 Å². The van der Waals surface area contributed by atoms with E-state index >= 15 is 0 Å². The largest absolute Gasteiger partial charge is 0.491 e. The van der Waals surface area contributed by atoms with Crippen LogP contribution in [0.1, 0.15) is 38.3 Å². The number of likely N-dealkylation sites (N-methyl/N-ethyl adjacent to an activating group) is 1. The fourth-order valence-electron chi connectivity index (χ4n) is 4.12. The standard InChI is InChI=1S/C25H31N3O4/c1-27-9-3-10-28(12-11-27)25(30)21-6-7-23-22(18-21)17-19-4-2-5-20(16-19)24(29)26-8-13-31-14-15-32-23/h2,4-7,16,18H,3,8-15,17H2,1H3,(H,26,29). The molecule has 2 aliphatic heterocycles. The fourth-order valence-corrected chi connectivity index (χ4v) is 4.12. The van der Waals surface area contributed by atoms with Crippen molar-refractivity contribution in [3.05, 3.63) is 64.7 Å². The highest BCUT2D eigenvalue weighted by Gasteiger charge is 2.20. The Bertz CT molecular complexity index is 962. The van der Waals surface area contributed by atoms with E-state index in [0.29, 0.717) is 43.9 Å². The lowest BCUT2D eigenvalue weighted by molar-refractivity contribution is 0.0762. The van der Waals surface area contributed by atoms with Crippen LogP contribution in [0, 0.1) is 0 Å². The second-order valence-corrected chi connectivity index (χ2v) is 8.37. The summed E-state index contributed by atoms with van der Waals surface area (Å²) in [6.45, 7) is 5.12.